The molecule has 1 fully saturated rings. The molecule has 0 radical (unpaired) electrons. The van der Waals surface area contributed by atoms with E-state index < -0.39 is 0 Å². The topological polar surface area (TPSA) is 71.3 Å². The highest BCUT2D eigenvalue weighted by Crippen LogP contribution is 2.30. The zero-order valence-electron chi connectivity index (χ0n) is 13.7. The third-order valence-electron chi connectivity index (χ3n) is 3.94. The summed E-state index contributed by atoms with van der Waals surface area (Å²) in [4.78, 5) is 14.6. The maximum absolute atomic E-state index is 12.6. The maximum atomic E-state index is 12.6. The fourth-order valence-corrected chi connectivity index (χ4v) is 4.63. The molecule has 130 valence electrons. The van der Waals surface area contributed by atoms with E-state index in [0.29, 0.717) is 6.54 Å². The largest absolute Gasteiger partial charge is 0.467 e. The van der Waals surface area contributed by atoms with Gasteiger partial charge in [-0.3, -0.25) is 4.79 Å². The summed E-state index contributed by atoms with van der Waals surface area (Å²) in [6.07, 6.45) is 6.33. The molecule has 2 aromatic heterocycles. The Morgan fingerprint density at radius 3 is 2.88 bits per heavy atom. The number of hydrogen-bond donors (Lipinski definition) is 1. The first kappa shape index (κ1) is 17.3. The second-order valence-corrected chi connectivity index (χ2v) is 8.37. The summed E-state index contributed by atoms with van der Waals surface area (Å²) in [6.45, 7) is 4.30. The van der Waals surface area contributed by atoms with E-state index >= 15 is 0 Å². The minimum absolute atomic E-state index is 0.131. The molecule has 0 bridgehead atoms. The summed E-state index contributed by atoms with van der Waals surface area (Å²) in [5.41, 5.74) is 0. The Labute approximate surface area is 150 Å². The molecule has 1 atom stereocenters. The lowest BCUT2D eigenvalue weighted by molar-refractivity contribution is -0.130. The smallest absolute Gasteiger partial charge is 0.235 e. The standard InChI is InChI=1S/C16H22N4O2S2/c1-12(14(21)20-8-4-2-3-5-9-20)23-16-19-18-15(24-16)17-11-13-7-6-10-22-13/h6-7,10,12H,2-5,8-9,11H2,1H3,(H,17,18)/t12-/m0/s1. The number of aromatic nitrogens is 2. The maximum Gasteiger partial charge on any atom is 0.235 e. The highest BCUT2D eigenvalue weighted by molar-refractivity contribution is 8.02. The van der Waals surface area contributed by atoms with Crippen LogP contribution in [0.5, 0.6) is 0 Å². The van der Waals surface area contributed by atoms with Crippen molar-refractivity contribution in [2.24, 2.45) is 0 Å². The molecule has 24 heavy (non-hydrogen) atoms. The molecule has 1 saturated heterocycles. The van der Waals surface area contributed by atoms with Gasteiger partial charge in [-0.2, -0.15) is 0 Å². The van der Waals surface area contributed by atoms with Crippen LogP contribution in [0.4, 0.5) is 5.13 Å². The number of carbonyl (C=O) groups is 1. The molecule has 1 N–H and O–H groups in total. The number of carbonyl (C=O) groups excluding carboxylic acids is 1. The van der Waals surface area contributed by atoms with E-state index in [-0.39, 0.29) is 11.2 Å². The second kappa shape index (κ2) is 8.53. The third-order valence-corrected chi connectivity index (χ3v) is 6.00. The van der Waals surface area contributed by atoms with Gasteiger partial charge in [-0.05, 0) is 31.9 Å². The van der Waals surface area contributed by atoms with Crippen molar-refractivity contribution in [2.75, 3.05) is 18.4 Å². The van der Waals surface area contributed by atoms with Crippen molar-refractivity contribution in [1.82, 2.24) is 15.1 Å². The van der Waals surface area contributed by atoms with Crippen LogP contribution in [-0.2, 0) is 11.3 Å². The van der Waals surface area contributed by atoms with Crippen LogP contribution in [0.15, 0.2) is 27.2 Å². The molecule has 2 aromatic rings. The molecule has 0 unspecified atom stereocenters. The number of amides is 1. The Balaban J connectivity index is 1.50. The molecule has 3 rings (SSSR count). The van der Waals surface area contributed by atoms with Gasteiger partial charge in [0.05, 0.1) is 18.1 Å². The molecule has 0 aliphatic carbocycles. The molecule has 3 heterocycles. The van der Waals surface area contributed by atoms with Gasteiger partial charge >= 0.3 is 0 Å². The lowest BCUT2D eigenvalue weighted by Crippen LogP contribution is -2.37. The van der Waals surface area contributed by atoms with Crippen molar-refractivity contribution in [2.45, 2.75) is 48.7 Å². The van der Waals surface area contributed by atoms with Crippen LogP contribution in [-0.4, -0.2) is 39.3 Å². The third kappa shape index (κ3) is 4.73. The molecular weight excluding hydrogens is 344 g/mol. The number of anilines is 1. The van der Waals surface area contributed by atoms with Gasteiger partial charge in [0, 0.05) is 13.1 Å². The zero-order valence-corrected chi connectivity index (χ0v) is 15.4. The van der Waals surface area contributed by atoms with E-state index in [1.54, 1.807) is 6.26 Å². The van der Waals surface area contributed by atoms with Gasteiger partial charge < -0.3 is 14.6 Å². The van der Waals surface area contributed by atoms with Crippen molar-refractivity contribution in [1.29, 1.82) is 0 Å². The van der Waals surface area contributed by atoms with Gasteiger partial charge in [-0.25, -0.2) is 0 Å². The van der Waals surface area contributed by atoms with Gasteiger partial charge in [0.1, 0.15) is 5.76 Å². The van der Waals surface area contributed by atoms with E-state index in [4.69, 9.17) is 4.42 Å². The summed E-state index contributed by atoms with van der Waals surface area (Å²) in [6, 6.07) is 3.76. The predicted octanol–water partition coefficient (Wildman–Crippen LogP) is 3.63. The molecule has 1 aliphatic rings. The summed E-state index contributed by atoms with van der Waals surface area (Å²) >= 11 is 2.96. The fraction of sp³-hybridized carbons (Fsp3) is 0.562. The average Bonchev–Trinajstić information content (AvgIpc) is 3.18. The number of thioether (sulfide) groups is 1. The first-order chi connectivity index (χ1) is 11.7. The summed E-state index contributed by atoms with van der Waals surface area (Å²) < 4.78 is 6.09. The van der Waals surface area contributed by atoms with E-state index in [1.807, 2.05) is 24.0 Å². The fourth-order valence-electron chi connectivity index (χ4n) is 2.65. The van der Waals surface area contributed by atoms with E-state index in [0.717, 1.165) is 41.2 Å². The molecule has 0 spiro atoms. The Hall–Kier alpha value is -1.54. The van der Waals surface area contributed by atoms with Gasteiger partial charge in [0.2, 0.25) is 11.0 Å². The van der Waals surface area contributed by atoms with E-state index in [9.17, 15) is 4.79 Å². The minimum atomic E-state index is -0.131. The van der Waals surface area contributed by atoms with Crippen LogP contribution >= 0.6 is 23.1 Å². The number of hydrogen-bond acceptors (Lipinski definition) is 7. The first-order valence-electron chi connectivity index (χ1n) is 8.27. The Morgan fingerprint density at radius 1 is 1.38 bits per heavy atom. The van der Waals surface area contributed by atoms with E-state index in [1.165, 1.54) is 35.9 Å². The predicted molar refractivity (Wildman–Crippen MR) is 96.3 cm³/mol. The van der Waals surface area contributed by atoms with Crippen LogP contribution in [0, 0.1) is 0 Å². The van der Waals surface area contributed by atoms with Crippen molar-refractivity contribution < 1.29 is 9.21 Å². The van der Waals surface area contributed by atoms with Crippen molar-refractivity contribution in [3.8, 4) is 0 Å². The van der Waals surface area contributed by atoms with Crippen molar-refractivity contribution in [3.63, 3.8) is 0 Å². The quantitative estimate of drug-likeness (QED) is 0.787. The van der Waals surface area contributed by atoms with Crippen LogP contribution in [0.25, 0.3) is 0 Å². The van der Waals surface area contributed by atoms with Gasteiger partial charge in [0.25, 0.3) is 0 Å². The highest BCUT2D eigenvalue weighted by Gasteiger charge is 2.23. The lowest BCUT2D eigenvalue weighted by Gasteiger charge is -2.23. The van der Waals surface area contributed by atoms with Gasteiger partial charge in [0.15, 0.2) is 4.34 Å². The molecule has 1 aliphatic heterocycles. The number of rotatable bonds is 6. The lowest BCUT2D eigenvalue weighted by atomic mass is 10.2. The van der Waals surface area contributed by atoms with Crippen LogP contribution < -0.4 is 5.32 Å². The average molecular weight is 367 g/mol. The normalized spacial score (nSPS) is 16.6. The zero-order chi connectivity index (χ0) is 16.8. The molecular formula is C16H22N4O2S2. The Morgan fingerprint density at radius 2 is 2.17 bits per heavy atom. The van der Waals surface area contributed by atoms with Crippen LogP contribution in [0.1, 0.15) is 38.4 Å². The molecule has 0 aromatic carbocycles. The van der Waals surface area contributed by atoms with Crippen molar-refractivity contribution in [3.05, 3.63) is 24.2 Å². The second-order valence-electron chi connectivity index (χ2n) is 5.81. The number of furan rings is 1. The molecule has 1 amide bonds. The summed E-state index contributed by atoms with van der Waals surface area (Å²) in [5.74, 6) is 1.06. The number of nitrogens with zero attached hydrogens (tertiary/aromatic N) is 3. The van der Waals surface area contributed by atoms with E-state index in [2.05, 4.69) is 15.5 Å². The number of likely N-dealkylation sites (tertiary alicyclic amines) is 1. The Bertz CT molecular complexity index is 636. The van der Waals surface area contributed by atoms with Crippen molar-refractivity contribution >= 4 is 34.1 Å². The van der Waals surface area contributed by atoms with Gasteiger partial charge in [-0.1, -0.05) is 35.9 Å². The minimum Gasteiger partial charge on any atom is -0.467 e. The Kier molecular flexibility index (Phi) is 6.14. The van der Waals surface area contributed by atoms with Crippen LogP contribution in [0.3, 0.4) is 0 Å². The van der Waals surface area contributed by atoms with Gasteiger partial charge in [-0.15, -0.1) is 10.2 Å². The summed E-state index contributed by atoms with van der Waals surface area (Å²) in [7, 11) is 0. The highest BCUT2D eigenvalue weighted by atomic mass is 32.2. The van der Waals surface area contributed by atoms with Crippen LogP contribution in [0.2, 0.25) is 0 Å². The summed E-state index contributed by atoms with van der Waals surface area (Å²) in [5, 5.41) is 12.1. The number of nitrogens with one attached hydrogen (secondary N) is 1. The molecule has 0 saturated carbocycles. The first-order valence-corrected chi connectivity index (χ1v) is 9.97. The molecule has 8 heteroatoms. The monoisotopic (exact) mass is 366 g/mol. The molecule has 6 nitrogen and oxygen atoms in total. The SMILES string of the molecule is C[C@H](Sc1nnc(NCc2ccco2)s1)C(=O)N1CCCCCC1.